The van der Waals surface area contributed by atoms with E-state index in [1.807, 2.05) is 0 Å². The fourth-order valence-corrected chi connectivity index (χ4v) is 2.46. The average Bonchev–Trinajstić information content (AvgIpc) is 2.81. The van der Waals surface area contributed by atoms with Gasteiger partial charge in [-0.1, -0.05) is 0 Å². The fourth-order valence-electron chi connectivity index (χ4n) is 2.46. The second kappa shape index (κ2) is 22.0. The van der Waals surface area contributed by atoms with E-state index in [1.54, 1.807) is 0 Å². The molecule has 0 spiro atoms. The molecule has 2 unspecified atom stereocenters. The Labute approximate surface area is 199 Å². The lowest BCUT2D eigenvalue weighted by atomic mass is 10.1. The van der Waals surface area contributed by atoms with Crippen LogP contribution in [0, 0.1) is 0 Å². The van der Waals surface area contributed by atoms with Gasteiger partial charge in [-0.25, -0.2) is 4.79 Å². The van der Waals surface area contributed by atoms with Crippen LogP contribution >= 0.6 is 0 Å². The van der Waals surface area contributed by atoms with Gasteiger partial charge >= 0.3 is 5.97 Å². The summed E-state index contributed by atoms with van der Waals surface area (Å²) in [5.41, 5.74) is 10.7. The van der Waals surface area contributed by atoms with Crippen molar-refractivity contribution < 1.29 is 43.7 Å². The van der Waals surface area contributed by atoms with Crippen molar-refractivity contribution in [2.24, 2.45) is 11.5 Å². The Morgan fingerprint density at radius 3 is 2.24 bits per heavy atom. The summed E-state index contributed by atoms with van der Waals surface area (Å²) < 4.78 is 9.42. The largest absolute Gasteiger partial charge is 0.483 e. The van der Waals surface area contributed by atoms with Crippen LogP contribution in [0.1, 0.15) is 45.4 Å². The van der Waals surface area contributed by atoms with Gasteiger partial charge < -0.3 is 47.1 Å². The summed E-state index contributed by atoms with van der Waals surface area (Å²) in [7, 11) is 1.26. The summed E-state index contributed by atoms with van der Waals surface area (Å²) in [6, 6.07) is -1.80. The minimum Gasteiger partial charge on any atom is -0.483 e. The number of hydrogen-bond acceptors (Lipinski definition) is 10. The van der Waals surface area contributed by atoms with Crippen LogP contribution in [0.25, 0.3) is 0 Å². The van der Waals surface area contributed by atoms with Gasteiger partial charge in [0.25, 0.3) is 6.47 Å². The molecule has 0 aliphatic carbocycles. The van der Waals surface area contributed by atoms with Crippen molar-refractivity contribution in [3.05, 3.63) is 0 Å². The maximum absolute atomic E-state index is 12.6. The normalized spacial score (nSPS) is 12.7. The van der Waals surface area contributed by atoms with Crippen molar-refractivity contribution >= 4 is 30.2 Å². The summed E-state index contributed by atoms with van der Waals surface area (Å²) in [4.78, 5) is 56.1. The number of aliphatic hydroxyl groups is 1. The standard InChI is InChI=1S/C19H37N5O7.CH2O2/c1-13(19(29)31-12-17(27)30-2)23-18(28)14(7-3-5-9-20)24-15(25)8-4-6-10-22-16(26)11-21;2-1-3/h13-14,17,27H,3-12,20-21H2,1-2H3,(H,22,26)(H,23,28)(H,24,25);1H,(H,2,3)/t13?,14-,17?;/m0./s1. The molecular formula is C20H39N5O9. The number of nitrogens with two attached hydrogens (primary N) is 2. The van der Waals surface area contributed by atoms with Crippen LogP contribution in [0.4, 0.5) is 0 Å². The molecule has 3 amide bonds. The van der Waals surface area contributed by atoms with Crippen molar-refractivity contribution in [3.63, 3.8) is 0 Å². The Balaban J connectivity index is 0. The van der Waals surface area contributed by atoms with E-state index >= 15 is 0 Å². The van der Waals surface area contributed by atoms with Crippen molar-refractivity contribution in [2.75, 3.05) is 33.4 Å². The Morgan fingerprint density at radius 2 is 1.68 bits per heavy atom. The van der Waals surface area contributed by atoms with Gasteiger partial charge in [0.1, 0.15) is 18.7 Å². The van der Waals surface area contributed by atoms with Crippen LogP contribution in [0.5, 0.6) is 0 Å². The van der Waals surface area contributed by atoms with Crippen molar-refractivity contribution in [2.45, 2.75) is 63.8 Å². The van der Waals surface area contributed by atoms with Crippen LogP contribution in [0.2, 0.25) is 0 Å². The Hall–Kier alpha value is -2.81. The van der Waals surface area contributed by atoms with Crippen molar-refractivity contribution in [1.29, 1.82) is 0 Å². The van der Waals surface area contributed by atoms with E-state index in [9.17, 15) is 24.3 Å². The van der Waals surface area contributed by atoms with Gasteiger partial charge in [-0.05, 0) is 45.6 Å². The zero-order chi connectivity index (χ0) is 26.4. The van der Waals surface area contributed by atoms with Crippen molar-refractivity contribution in [1.82, 2.24) is 16.0 Å². The van der Waals surface area contributed by atoms with Crippen LogP contribution in [-0.4, -0.2) is 92.1 Å². The lowest BCUT2D eigenvalue weighted by molar-refractivity contribution is -0.163. The maximum Gasteiger partial charge on any atom is 0.328 e. The summed E-state index contributed by atoms with van der Waals surface area (Å²) in [6.07, 6.45) is 1.74. The highest BCUT2D eigenvalue weighted by molar-refractivity contribution is 5.90. The number of carbonyl (C=O) groups excluding carboxylic acids is 4. The van der Waals surface area contributed by atoms with E-state index in [-0.39, 0.29) is 37.9 Å². The Kier molecular flexibility index (Phi) is 21.6. The first-order chi connectivity index (χ1) is 16.2. The number of nitrogens with one attached hydrogen (secondary N) is 3. The number of ether oxygens (including phenoxy) is 2. The average molecular weight is 494 g/mol. The SMILES string of the molecule is COC(O)COC(=O)C(C)NC(=O)[C@H](CCCCN)NC(=O)CCCCNC(=O)CN.O=CO. The second-order valence-electron chi connectivity index (χ2n) is 7.07. The molecule has 0 heterocycles. The highest BCUT2D eigenvalue weighted by atomic mass is 16.6. The zero-order valence-corrected chi connectivity index (χ0v) is 19.8. The van der Waals surface area contributed by atoms with Gasteiger partial charge in [-0.3, -0.25) is 19.2 Å². The Bertz CT molecular complexity index is 607. The van der Waals surface area contributed by atoms with E-state index in [1.165, 1.54) is 14.0 Å². The molecule has 0 saturated heterocycles. The molecule has 0 aromatic heterocycles. The lowest BCUT2D eigenvalue weighted by Gasteiger charge is -2.21. The van der Waals surface area contributed by atoms with Gasteiger partial charge in [0.2, 0.25) is 17.7 Å². The smallest absolute Gasteiger partial charge is 0.328 e. The van der Waals surface area contributed by atoms with Crippen LogP contribution < -0.4 is 27.4 Å². The number of amides is 3. The molecule has 0 aromatic rings. The summed E-state index contributed by atoms with van der Waals surface area (Å²) in [5, 5.41) is 23.9. The van der Waals surface area contributed by atoms with E-state index in [0.29, 0.717) is 45.2 Å². The molecule has 0 aromatic carbocycles. The molecular weight excluding hydrogens is 454 g/mol. The lowest BCUT2D eigenvalue weighted by Crippen LogP contribution is -2.51. The maximum atomic E-state index is 12.6. The molecule has 34 heavy (non-hydrogen) atoms. The third-order valence-electron chi connectivity index (χ3n) is 4.29. The predicted octanol–water partition coefficient (Wildman–Crippen LogP) is -2.44. The van der Waals surface area contributed by atoms with Gasteiger partial charge in [-0.2, -0.15) is 0 Å². The van der Waals surface area contributed by atoms with Gasteiger partial charge in [0, 0.05) is 20.1 Å². The molecule has 14 heteroatoms. The minimum atomic E-state index is -1.25. The van der Waals surface area contributed by atoms with E-state index in [4.69, 9.17) is 26.1 Å². The third kappa shape index (κ3) is 18.7. The summed E-state index contributed by atoms with van der Waals surface area (Å²) in [6.45, 7) is 1.62. The molecule has 0 radical (unpaired) electrons. The van der Waals surface area contributed by atoms with E-state index in [2.05, 4.69) is 20.7 Å². The highest BCUT2D eigenvalue weighted by Crippen LogP contribution is 2.04. The van der Waals surface area contributed by atoms with Gasteiger partial charge in [-0.15, -0.1) is 0 Å². The van der Waals surface area contributed by atoms with Crippen molar-refractivity contribution in [3.8, 4) is 0 Å². The minimum absolute atomic E-state index is 0.0843. The molecule has 0 rings (SSSR count). The van der Waals surface area contributed by atoms with E-state index in [0.717, 1.165) is 0 Å². The monoisotopic (exact) mass is 493 g/mol. The summed E-state index contributed by atoms with van der Waals surface area (Å²) in [5.74, 6) is -1.82. The number of hydrogen-bond donors (Lipinski definition) is 7. The number of carboxylic acid groups (broad SMARTS) is 1. The first-order valence-electron chi connectivity index (χ1n) is 10.9. The van der Waals surface area contributed by atoms with Crippen LogP contribution in [0.15, 0.2) is 0 Å². The topological polar surface area (TPSA) is 232 Å². The predicted molar refractivity (Wildman–Crippen MR) is 121 cm³/mol. The molecule has 14 nitrogen and oxygen atoms in total. The number of methoxy groups -OCH3 is 1. The molecule has 0 bridgehead atoms. The second-order valence-corrected chi connectivity index (χ2v) is 7.07. The highest BCUT2D eigenvalue weighted by Gasteiger charge is 2.25. The fraction of sp³-hybridized carbons (Fsp3) is 0.750. The van der Waals surface area contributed by atoms with Gasteiger partial charge in [0.05, 0.1) is 6.54 Å². The first-order valence-corrected chi connectivity index (χ1v) is 10.9. The van der Waals surface area contributed by atoms with Crippen LogP contribution in [0.3, 0.4) is 0 Å². The van der Waals surface area contributed by atoms with Gasteiger partial charge in [0.15, 0.2) is 6.29 Å². The number of rotatable bonds is 17. The molecule has 0 fully saturated rings. The zero-order valence-electron chi connectivity index (χ0n) is 19.8. The number of unbranched alkanes of at least 4 members (excludes halogenated alkanes) is 2. The Morgan fingerprint density at radius 1 is 1.03 bits per heavy atom. The van der Waals surface area contributed by atoms with Crippen LogP contribution in [-0.2, 0) is 33.4 Å². The molecule has 0 aliphatic heterocycles. The molecule has 0 aliphatic rings. The summed E-state index contributed by atoms with van der Waals surface area (Å²) >= 11 is 0. The first kappa shape index (κ1) is 33.4. The number of carbonyl (C=O) groups is 5. The molecule has 198 valence electrons. The number of aliphatic hydroxyl groups excluding tert-OH is 1. The number of esters is 1. The molecule has 3 atom stereocenters. The quantitative estimate of drug-likeness (QED) is 0.0486. The molecule has 0 saturated carbocycles. The third-order valence-corrected chi connectivity index (χ3v) is 4.29. The molecule has 9 N–H and O–H groups in total. The van der Waals surface area contributed by atoms with E-state index < -0.39 is 30.3 Å².